The fraction of sp³-hybridized carbons (Fsp3) is 0.650. The van der Waals surface area contributed by atoms with E-state index in [1.807, 2.05) is 24.3 Å². The number of fused-ring (bicyclic) bond motifs is 1. The molecule has 1 heterocycles. The minimum Gasteiger partial charge on any atom is -0.486 e. The number of hydrogen-bond donors (Lipinski definition) is 2. The number of rotatable bonds is 7. The van der Waals surface area contributed by atoms with Gasteiger partial charge in [0.1, 0.15) is 12.7 Å². The number of para-hydroxylation sites is 2. The zero-order valence-corrected chi connectivity index (χ0v) is 15.9. The van der Waals surface area contributed by atoms with Crippen LogP contribution in [-0.4, -0.2) is 52.5 Å². The van der Waals surface area contributed by atoms with Gasteiger partial charge in [0, 0.05) is 27.3 Å². The second-order valence-electron chi connectivity index (χ2n) is 7.25. The zero-order valence-electron chi connectivity index (χ0n) is 15.9. The molecular formula is C20H31N3O3. The van der Waals surface area contributed by atoms with Gasteiger partial charge in [0.25, 0.3) is 0 Å². The van der Waals surface area contributed by atoms with Crippen molar-refractivity contribution in [1.29, 1.82) is 0 Å². The highest BCUT2D eigenvalue weighted by Crippen LogP contribution is 2.40. The maximum Gasteiger partial charge on any atom is 0.191 e. The van der Waals surface area contributed by atoms with Crippen LogP contribution in [0.5, 0.6) is 11.5 Å². The van der Waals surface area contributed by atoms with Crippen LogP contribution in [0.3, 0.4) is 0 Å². The van der Waals surface area contributed by atoms with Crippen LogP contribution in [0, 0.1) is 5.41 Å². The lowest BCUT2D eigenvalue weighted by atomic mass is 9.83. The molecule has 1 atom stereocenters. The molecule has 0 saturated heterocycles. The second kappa shape index (κ2) is 9.12. The second-order valence-corrected chi connectivity index (χ2v) is 7.25. The molecule has 1 aromatic carbocycles. The SMILES string of the molecule is CN=C(NCC1COc2ccccc2O1)NCC1(CCOC)CCCC1. The summed E-state index contributed by atoms with van der Waals surface area (Å²) in [6, 6.07) is 7.78. The fourth-order valence-electron chi connectivity index (χ4n) is 3.82. The Bertz CT molecular complexity index is 600. The first kappa shape index (κ1) is 18.8. The van der Waals surface area contributed by atoms with E-state index in [1.54, 1.807) is 14.2 Å². The summed E-state index contributed by atoms with van der Waals surface area (Å²) in [6.07, 6.45) is 6.21. The molecule has 1 unspecified atom stereocenters. The summed E-state index contributed by atoms with van der Waals surface area (Å²) >= 11 is 0. The van der Waals surface area contributed by atoms with Crippen LogP contribution in [0.4, 0.5) is 0 Å². The number of nitrogens with zero attached hydrogens (tertiary/aromatic N) is 1. The average molecular weight is 361 g/mol. The molecule has 6 nitrogen and oxygen atoms in total. The quantitative estimate of drug-likeness (QED) is 0.577. The summed E-state index contributed by atoms with van der Waals surface area (Å²) in [4.78, 5) is 4.36. The predicted molar refractivity (Wildman–Crippen MR) is 103 cm³/mol. The van der Waals surface area contributed by atoms with E-state index in [0.717, 1.165) is 37.0 Å². The van der Waals surface area contributed by atoms with Gasteiger partial charge in [-0.3, -0.25) is 4.99 Å². The minimum atomic E-state index is -0.0302. The van der Waals surface area contributed by atoms with Gasteiger partial charge in [-0.1, -0.05) is 25.0 Å². The highest BCUT2D eigenvalue weighted by atomic mass is 16.6. The first-order valence-corrected chi connectivity index (χ1v) is 9.57. The molecule has 0 amide bonds. The smallest absolute Gasteiger partial charge is 0.191 e. The van der Waals surface area contributed by atoms with Crippen molar-refractivity contribution in [3.8, 4) is 11.5 Å². The molecule has 2 N–H and O–H groups in total. The predicted octanol–water partition coefficient (Wildman–Crippen LogP) is 2.59. The first-order chi connectivity index (χ1) is 12.7. The Hall–Kier alpha value is -1.95. The lowest BCUT2D eigenvalue weighted by Gasteiger charge is -2.30. The van der Waals surface area contributed by atoms with Gasteiger partial charge in [-0.05, 0) is 36.8 Å². The lowest BCUT2D eigenvalue weighted by molar-refractivity contribution is 0.0935. The summed E-state index contributed by atoms with van der Waals surface area (Å²) in [5.74, 6) is 2.43. The Balaban J connectivity index is 1.46. The maximum atomic E-state index is 5.99. The van der Waals surface area contributed by atoms with E-state index in [2.05, 4.69) is 15.6 Å². The molecule has 1 aliphatic heterocycles. The Morgan fingerprint density at radius 3 is 2.73 bits per heavy atom. The largest absolute Gasteiger partial charge is 0.486 e. The van der Waals surface area contributed by atoms with Gasteiger partial charge in [0.05, 0.1) is 6.54 Å². The van der Waals surface area contributed by atoms with Crippen LogP contribution >= 0.6 is 0 Å². The van der Waals surface area contributed by atoms with Gasteiger partial charge in [-0.25, -0.2) is 0 Å². The molecule has 1 fully saturated rings. The lowest BCUT2D eigenvalue weighted by Crippen LogP contribution is -2.47. The molecule has 0 spiro atoms. The molecule has 1 aromatic rings. The minimum absolute atomic E-state index is 0.0302. The molecule has 0 bridgehead atoms. The van der Waals surface area contributed by atoms with Crippen LogP contribution in [0.2, 0.25) is 0 Å². The van der Waals surface area contributed by atoms with E-state index >= 15 is 0 Å². The van der Waals surface area contributed by atoms with Crippen molar-refractivity contribution in [2.45, 2.75) is 38.2 Å². The highest BCUT2D eigenvalue weighted by molar-refractivity contribution is 5.79. The first-order valence-electron chi connectivity index (χ1n) is 9.57. The van der Waals surface area contributed by atoms with E-state index in [1.165, 1.54) is 25.7 Å². The van der Waals surface area contributed by atoms with Gasteiger partial charge in [-0.15, -0.1) is 0 Å². The molecule has 26 heavy (non-hydrogen) atoms. The van der Waals surface area contributed by atoms with E-state index in [4.69, 9.17) is 14.2 Å². The Morgan fingerprint density at radius 2 is 2.00 bits per heavy atom. The number of nitrogens with one attached hydrogen (secondary N) is 2. The third-order valence-electron chi connectivity index (χ3n) is 5.42. The van der Waals surface area contributed by atoms with Gasteiger partial charge in [-0.2, -0.15) is 0 Å². The number of methoxy groups -OCH3 is 1. The normalized spacial score (nSPS) is 21.5. The molecule has 2 aliphatic rings. The number of ether oxygens (including phenoxy) is 3. The molecule has 0 aromatic heterocycles. The molecule has 1 saturated carbocycles. The van der Waals surface area contributed by atoms with Crippen LogP contribution in [0.25, 0.3) is 0 Å². The molecular weight excluding hydrogens is 330 g/mol. The monoisotopic (exact) mass is 361 g/mol. The molecule has 144 valence electrons. The van der Waals surface area contributed by atoms with Crippen LogP contribution in [0.15, 0.2) is 29.3 Å². The van der Waals surface area contributed by atoms with Crippen molar-refractivity contribution >= 4 is 5.96 Å². The summed E-state index contributed by atoms with van der Waals surface area (Å²) in [7, 11) is 3.58. The summed E-state index contributed by atoms with van der Waals surface area (Å²) in [5, 5.41) is 6.88. The van der Waals surface area contributed by atoms with Crippen molar-refractivity contribution < 1.29 is 14.2 Å². The summed E-state index contributed by atoms with van der Waals surface area (Å²) in [5.41, 5.74) is 0.330. The molecule has 3 rings (SSSR count). The van der Waals surface area contributed by atoms with Crippen LogP contribution < -0.4 is 20.1 Å². The van der Waals surface area contributed by atoms with E-state index in [9.17, 15) is 0 Å². The number of hydrogen-bond acceptors (Lipinski definition) is 4. The van der Waals surface area contributed by atoms with E-state index < -0.39 is 0 Å². The van der Waals surface area contributed by atoms with Crippen LogP contribution in [0.1, 0.15) is 32.1 Å². The van der Waals surface area contributed by atoms with Crippen molar-refractivity contribution in [1.82, 2.24) is 10.6 Å². The van der Waals surface area contributed by atoms with Crippen LogP contribution in [-0.2, 0) is 4.74 Å². The van der Waals surface area contributed by atoms with Crippen molar-refractivity contribution in [3.63, 3.8) is 0 Å². The maximum absolute atomic E-state index is 5.99. The summed E-state index contributed by atoms with van der Waals surface area (Å²) in [6.45, 7) is 2.94. The average Bonchev–Trinajstić information content (AvgIpc) is 3.15. The van der Waals surface area contributed by atoms with E-state index in [-0.39, 0.29) is 6.10 Å². The molecule has 0 radical (unpaired) electrons. The standard InChI is InChI=1S/C20H31N3O3/c1-21-19(23-15-20(11-12-24-2)9-5-6-10-20)22-13-16-14-25-17-7-3-4-8-18(17)26-16/h3-4,7-8,16H,5-6,9-15H2,1-2H3,(H2,21,22,23). The highest BCUT2D eigenvalue weighted by Gasteiger charge is 2.33. The van der Waals surface area contributed by atoms with Gasteiger partial charge in [0.15, 0.2) is 17.5 Å². The third-order valence-corrected chi connectivity index (χ3v) is 5.42. The third kappa shape index (κ3) is 4.81. The molecule has 1 aliphatic carbocycles. The summed E-state index contributed by atoms with van der Waals surface area (Å²) < 4.78 is 17.1. The van der Waals surface area contributed by atoms with Crippen molar-refractivity contribution in [2.75, 3.05) is 40.5 Å². The zero-order chi connectivity index (χ0) is 18.2. The number of benzene rings is 1. The Labute approximate surface area is 156 Å². The number of guanidine groups is 1. The van der Waals surface area contributed by atoms with Crippen molar-refractivity contribution in [3.05, 3.63) is 24.3 Å². The van der Waals surface area contributed by atoms with Crippen molar-refractivity contribution in [2.24, 2.45) is 10.4 Å². The topological polar surface area (TPSA) is 64.1 Å². The van der Waals surface area contributed by atoms with Gasteiger partial charge < -0.3 is 24.8 Å². The Morgan fingerprint density at radius 1 is 1.23 bits per heavy atom. The van der Waals surface area contributed by atoms with E-state index in [0.29, 0.717) is 18.6 Å². The molecule has 6 heteroatoms. The van der Waals surface area contributed by atoms with Gasteiger partial charge in [0.2, 0.25) is 0 Å². The number of aliphatic imine (C=N–C) groups is 1. The van der Waals surface area contributed by atoms with Gasteiger partial charge >= 0.3 is 0 Å². The Kier molecular flexibility index (Phi) is 6.61. The fourth-order valence-corrected chi connectivity index (χ4v) is 3.82.